The van der Waals surface area contributed by atoms with Gasteiger partial charge in [0.15, 0.2) is 5.54 Å². The lowest BCUT2D eigenvalue weighted by molar-refractivity contribution is -0.127. The molecule has 1 aliphatic rings. The molecule has 0 saturated heterocycles. The molecule has 1 aromatic heterocycles. The van der Waals surface area contributed by atoms with Crippen LogP contribution >= 0.6 is 0 Å². The molecule has 4 rings (SSSR count). The molecule has 0 spiro atoms. The second-order valence-corrected chi connectivity index (χ2v) is 7.28. The summed E-state index contributed by atoms with van der Waals surface area (Å²) in [5, 5.41) is 12.2. The minimum absolute atomic E-state index is 0.182. The van der Waals surface area contributed by atoms with E-state index in [9.17, 15) is 14.4 Å². The third-order valence-electron chi connectivity index (χ3n) is 5.61. The molecule has 0 fully saturated rings. The zero-order chi connectivity index (χ0) is 21.1. The number of methoxy groups -OCH3 is 1. The van der Waals surface area contributed by atoms with E-state index in [-0.39, 0.29) is 11.7 Å². The Morgan fingerprint density at radius 1 is 1.37 bits per heavy atom. The Morgan fingerprint density at radius 2 is 2.23 bits per heavy atom. The molecule has 0 aliphatic carbocycles. The Kier molecular flexibility index (Phi) is 5.23. The maximum atomic E-state index is 13.6. The minimum atomic E-state index is -1.02. The van der Waals surface area contributed by atoms with E-state index >= 15 is 0 Å². The zero-order valence-electron chi connectivity index (χ0n) is 16.6. The molecule has 1 aliphatic heterocycles. The van der Waals surface area contributed by atoms with Crippen LogP contribution in [0.15, 0.2) is 55.0 Å². The molecule has 0 bridgehead atoms. The quantitative estimate of drug-likeness (QED) is 0.685. The molecule has 7 heteroatoms. The number of aryl methyl sites for hydroxylation is 1. The summed E-state index contributed by atoms with van der Waals surface area (Å²) in [6, 6.07) is 13.6. The number of carbonyl (C=O) groups excluding carboxylic acids is 1. The van der Waals surface area contributed by atoms with Crippen molar-refractivity contribution in [1.29, 1.82) is 5.26 Å². The van der Waals surface area contributed by atoms with Gasteiger partial charge in [0.25, 0.3) is 5.91 Å². The summed E-state index contributed by atoms with van der Waals surface area (Å²) in [6.45, 7) is 0.368. The van der Waals surface area contributed by atoms with Crippen LogP contribution in [0.3, 0.4) is 0 Å². The first-order chi connectivity index (χ1) is 14.6. The van der Waals surface area contributed by atoms with Crippen LogP contribution in [0, 0.1) is 17.1 Å². The van der Waals surface area contributed by atoms with Crippen LogP contribution in [-0.2, 0) is 23.2 Å². The van der Waals surface area contributed by atoms with Crippen molar-refractivity contribution >= 4 is 5.91 Å². The fourth-order valence-electron chi connectivity index (χ4n) is 4.15. The van der Waals surface area contributed by atoms with Gasteiger partial charge in [-0.3, -0.25) is 4.79 Å². The predicted molar refractivity (Wildman–Crippen MR) is 108 cm³/mol. The van der Waals surface area contributed by atoms with E-state index in [1.165, 1.54) is 19.2 Å². The molecule has 1 unspecified atom stereocenters. The SMILES string of the molecule is COc1cc(C#N)ccc1C1(C(=O)NCCc2cccc(F)c2)CCc2cncn21. The molecule has 0 saturated carbocycles. The number of halogens is 1. The molecule has 0 radical (unpaired) electrons. The van der Waals surface area contributed by atoms with Crippen molar-refractivity contribution in [3.05, 3.63) is 83.2 Å². The van der Waals surface area contributed by atoms with Gasteiger partial charge >= 0.3 is 0 Å². The highest BCUT2D eigenvalue weighted by atomic mass is 19.1. The number of carbonyl (C=O) groups is 1. The molecule has 30 heavy (non-hydrogen) atoms. The number of amides is 1. The van der Waals surface area contributed by atoms with Gasteiger partial charge in [0.05, 0.1) is 25.1 Å². The number of nitrogens with zero attached hydrogens (tertiary/aromatic N) is 3. The Hall–Kier alpha value is -3.66. The lowest BCUT2D eigenvalue weighted by Gasteiger charge is -2.32. The average molecular weight is 404 g/mol. The van der Waals surface area contributed by atoms with Gasteiger partial charge in [-0.05, 0) is 49.1 Å². The maximum absolute atomic E-state index is 13.6. The Labute approximate surface area is 173 Å². The van der Waals surface area contributed by atoms with Crippen molar-refractivity contribution in [1.82, 2.24) is 14.9 Å². The van der Waals surface area contributed by atoms with Crippen LogP contribution < -0.4 is 10.1 Å². The molecular weight excluding hydrogens is 383 g/mol. The van der Waals surface area contributed by atoms with Gasteiger partial charge in [-0.2, -0.15) is 5.26 Å². The van der Waals surface area contributed by atoms with Crippen LogP contribution in [-0.4, -0.2) is 29.1 Å². The van der Waals surface area contributed by atoms with E-state index < -0.39 is 5.54 Å². The monoisotopic (exact) mass is 404 g/mol. The van der Waals surface area contributed by atoms with E-state index in [1.807, 2.05) is 10.6 Å². The van der Waals surface area contributed by atoms with E-state index in [1.54, 1.807) is 36.8 Å². The number of hydrogen-bond donors (Lipinski definition) is 1. The van der Waals surface area contributed by atoms with Crippen LogP contribution in [0.2, 0.25) is 0 Å². The van der Waals surface area contributed by atoms with E-state index in [0.29, 0.717) is 42.7 Å². The second kappa shape index (κ2) is 7.99. The number of benzene rings is 2. The summed E-state index contributed by atoms with van der Waals surface area (Å²) in [5.74, 6) is 0.00556. The highest BCUT2D eigenvalue weighted by Gasteiger charge is 2.48. The maximum Gasteiger partial charge on any atom is 0.251 e. The fourth-order valence-corrected chi connectivity index (χ4v) is 4.15. The number of imidazole rings is 1. The topological polar surface area (TPSA) is 79.9 Å². The third-order valence-corrected chi connectivity index (χ3v) is 5.61. The Balaban J connectivity index is 1.66. The molecule has 2 aromatic carbocycles. The van der Waals surface area contributed by atoms with Gasteiger partial charge in [-0.25, -0.2) is 9.37 Å². The van der Waals surface area contributed by atoms with Crippen LogP contribution in [0.5, 0.6) is 5.75 Å². The first-order valence-electron chi connectivity index (χ1n) is 9.71. The Morgan fingerprint density at radius 3 is 3.00 bits per heavy atom. The molecule has 1 amide bonds. The third kappa shape index (κ3) is 3.30. The standard InChI is InChI=1S/C23H21FN4O2/c1-30-21-12-17(13-25)5-6-20(21)23(9-7-19-14-26-15-28(19)23)22(29)27-10-8-16-3-2-4-18(24)11-16/h2-6,11-12,14-15H,7-10H2,1H3,(H,27,29). The summed E-state index contributed by atoms with van der Waals surface area (Å²) >= 11 is 0. The molecule has 2 heterocycles. The van der Waals surface area contributed by atoms with E-state index in [0.717, 1.165) is 11.3 Å². The predicted octanol–water partition coefficient (Wildman–Crippen LogP) is 2.95. The minimum Gasteiger partial charge on any atom is -0.496 e. The second-order valence-electron chi connectivity index (χ2n) is 7.28. The van der Waals surface area contributed by atoms with Gasteiger partial charge < -0.3 is 14.6 Å². The lowest BCUT2D eigenvalue weighted by Crippen LogP contribution is -2.48. The lowest BCUT2D eigenvalue weighted by atomic mass is 9.85. The number of aromatic nitrogens is 2. The first-order valence-corrected chi connectivity index (χ1v) is 9.71. The number of nitrogens with one attached hydrogen (secondary N) is 1. The van der Waals surface area contributed by atoms with Crippen molar-refractivity contribution in [3.63, 3.8) is 0 Å². The molecule has 6 nitrogen and oxygen atoms in total. The normalized spacial score (nSPS) is 17.2. The first kappa shape index (κ1) is 19.6. The van der Waals surface area contributed by atoms with Crippen LogP contribution in [0.25, 0.3) is 0 Å². The van der Waals surface area contributed by atoms with Crippen molar-refractivity contribution in [3.8, 4) is 11.8 Å². The largest absolute Gasteiger partial charge is 0.496 e. The van der Waals surface area contributed by atoms with Gasteiger partial charge in [0.1, 0.15) is 11.6 Å². The van der Waals surface area contributed by atoms with Crippen molar-refractivity contribution in [2.24, 2.45) is 0 Å². The number of ether oxygens (including phenoxy) is 1. The van der Waals surface area contributed by atoms with E-state index in [2.05, 4.69) is 16.4 Å². The fraction of sp³-hybridized carbons (Fsp3) is 0.261. The summed E-state index contributed by atoms with van der Waals surface area (Å²) in [4.78, 5) is 17.8. The smallest absolute Gasteiger partial charge is 0.251 e. The van der Waals surface area contributed by atoms with Gasteiger partial charge in [-0.15, -0.1) is 0 Å². The Bertz CT molecular complexity index is 1130. The molecule has 1 N–H and O–H groups in total. The molecule has 152 valence electrons. The summed E-state index contributed by atoms with van der Waals surface area (Å²) in [5.41, 5.74) is 1.90. The van der Waals surface area contributed by atoms with Crippen molar-refractivity contribution in [2.75, 3.05) is 13.7 Å². The van der Waals surface area contributed by atoms with E-state index in [4.69, 9.17) is 4.74 Å². The van der Waals surface area contributed by atoms with Crippen LogP contribution in [0.1, 0.15) is 28.8 Å². The van der Waals surface area contributed by atoms with Gasteiger partial charge in [-0.1, -0.05) is 18.2 Å². The highest BCUT2D eigenvalue weighted by Crippen LogP contribution is 2.42. The zero-order valence-corrected chi connectivity index (χ0v) is 16.6. The average Bonchev–Trinajstić information content (AvgIpc) is 3.36. The number of rotatable bonds is 6. The number of fused-ring (bicyclic) bond motifs is 1. The van der Waals surface area contributed by atoms with Gasteiger partial charge in [0.2, 0.25) is 0 Å². The molecular formula is C23H21FN4O2. The number of nitriles is 1. The summed E-state index contributed by atoms with van der Waals surface area (Å²) < 4.78 is 20.9. The van der Waals surface area contributed by atoms with Crippen LogP contribution in [0.4, 0.5) is 4.39 Å². The number of hydrogen-bond acceptors (Lipinski definition) is 4. The van der Waals surface area contributed by atoms with Crippen molar-refractivity contribution in [2.45, 2.75) is 24.8 Å². The van der Waals surface area contributed by atoms with Gasteiger partial charge in [0, 0.05) is 24.0 Å². The van der Waals surface area contributed by atoms with Crippen molar-refractivity contribution < 1.29 is 13.9 Å². The highest BCUT2D eigenvalue weighted by molar-refractivity contribution is 5.89. The molecule has 3 aromatic rings. The summed E-state index contributed by atoms with van der Waals surface area (Å²) in [6.07, 6.45) is 5.18. The molecule has 1 atom stereocenters. The summed E-state index contributed by atoms with van der Waals surface area (Å²) in [7, 11) is 1.53.